The maximum absolute atomic E-state index is 12.0. The Balaban J connectivity index is 0.00000220. The number of likely N-dealkylation sites (N-methyl/N-ethyl adjacent to an activating group) is 1. The summed E-state index contributed by atoms with van der Waals surface area (Å²) in [5.74, 6) is 0.673. The van der Waals surface area contributed by atoms with Gasteiger partial charge in [0.1, 0.15) is 5.76 Å². The molecular weight excluding hydrogens is 296 g/mol. The van der Waals surface area contributed by atoms with Crippen molar-refractivity contribution in [1.82, 2.24) is 15.4 Å². The van der Waals surface area contributed by atoms with Crippen LogP contribution in [0.25, 0.3) is 0 Å². The van der Waals surface area contributed by atoms with E-state index in [-0.39, 0.29) is 36.8 Å². The highest BCUT2D eigenvalue weighted by Gasteiger charge is 2.21. The fourth-order valence-electron chi connectivity index (χ4n) is 2.21. The van der Waals surface area contributed by atoms with Gasteiger partial charge in [-0.3, -0.25) is 9.59 Å². The van der Waals surface area contributed by atoms with E-state index in [0.29, 0.717) is 18.0 Å². The Hall–Kier alpha value is -1.60. The molecule has 118 valence electrons. The molecule has 0 radical (unpaired) electrons. The fourth-order valence-corrected chi connectivity index (χ4v) is 2.21. The van der Waals surface area contributed by atoms with Crippen molar-refractivity contribution in [3.63, 3.8) is 0 Å². The summed E-state index contributed by atoms with van der Waals surface area (Å²) >= 11 is 0. The van der Waals surface area contributed by atoms with E-state index < -0.39 is 0 Å². The van der Waals surface area contributed by atoms with Gasteiger partial charge in [0.15, 0.2) is 5.82 Å². The van der Waals surface area contributed by atoms with Crippen LogP contribution in [0.3, 0.4) is 0 Å². The van der Waals surface area contributed by atoms with Crippen molar-refractivity contribution in [3.05, 3.63) is 11.8 Å². The van der Waals surface area contributed by atoms with Crippen LogP contribution in [-0.4, -0.2) is 48.0 Å². The second kappa shape index (κ2) is 7.99. The molecule has 1 saturated heterocycles. The van der Waals surface area contributed by atoms with Gasteiger partial charge in [-0.05, 0) is 26.3 Å². The molecule has 0 spiro atoms. The normalized spacial score (nSPS) is 17.1. The van der Waals surface area contributed by atoms with Crippen LogP contribution in [0.2, 0.25) is 0 Å². The van der Waals surface area contributed by atoms with Crippen molar-refractivity contribution in [1.29, 1.82) is 0 Å². The zero-order valence-corrected chi connectivity index (χ0v) is 13.0. The molecule has 8 heteroatoms. The first-order chi connectivity index (χ1) is 9.54. The molecule has 21 heavy (non-hydrogen) atoms. The van der Waals surface area contributed by atoms with Gasteiger partial charge in [-0.25, -0.2) is 0 Å². The minimum absolute atomic E-state index is 0. The molecular formula is C13H21ClN4O3. The third-order valence-corrected chi connectivity index (χ3v) is 3.29. The number of hydrogen-bond acceptors (Lipinski definition) is 5. The second-order valence-corrected chi connectivity index (χ2v) is 5.12. The molecule has 2 amide bonds. The molecule has 1 unspecified atom stereocenters. The number of rotatable bonds is 5. The number of carbonyl (C=O) groups excluding carboxylic acids is 2. The van der Waals surface area contributed by atoms with Gasteiger partial charge in [0.05, 0.1) is 6.54 Å². The Labute approximate surface area is 129 Å². The van der Waals surface area contributed by atoms with E-state index in [9.17, 15) is 9.59 Å². The third-order valence-electron chi connectivity index (χ3n) is 3.29. The molecule has 2 N–H and O–H groups in total. The first-order valence-corrected chi connectivity index (χ1v) is 6.75. The van der Waals surface area contributed by atoms with Crippen molar-refractivity contribution in [2.24, 2.45) is 0 Å². The highest BCUT2D eigenvalue weighted by Crippen LogP contribution is 2.10. The van der Waals surface area contributed by atoms with Crippen LogP contribution in [0.15, 0.2) is 10.6 Å². The summed E-state index contributed by atoms with van der Waals surface area (Å²) in [4.78, 5) is 25.2. The summed E-state index contributed by atoms with van der Waals surface area (Å²) in [7, 11) is 1.63. The lowest BCUT2D eigenvalue weighted by atomic mass is 10.1. The van der Waals surface area contributed by atoms with E-state index in [1.807, 2.05) is 0 Å². The monoisotopic (exact) mass is 316 g/mol. The van der Waals surface area contributed by atoms with Crippen LogP contribution >= 0.6 is 12.4 Å². The van der Waals surface area contributed by atoms with Gasteiger partial charge < -0.3 is 20.1 Å². The first kappa shape index (κ1) is 17.5. The number of carbonyl (C=O) groups is 2. The molecule has 0 saturated carbocycles. The third kappa shape index (κ3) is 5.35. The summed E-state index contributed by atoms with van der Waals surface area (Å²) in [6.45, 7) is 2.72. The summed E-state index contributed by atoms with van der Waals surface area (Å²) in [5, 5.41) is 9.53. The zero-order chi connectivity index (χ0) is 14.5. The predicted octanol–water partition coefficient (Wildman–Crippen LogP) is 0.944. The number of aromatic nitrogens is 1. The van der Waals surface area contributed by atoms with E-state index in [1.54, 1.807) is 20.0 Å². The van der Waals surface area contributed by atoms with Crippen molar-refractivity contribution in [2.75, 3.05) is 25.5 Å². The minimum atomic E-state index is -0.284. The summed E-state index contributed by atoms with van der Waals surface area (Å²) in [5.41, 5.74) is 0. The van der Waals surface area contributed by atoms with Crippen LogP contribution < -0.4 is 10.6 Å². The molecule has 2 heterocycles. The SMILES string of the molecule is Cc1cc(NC(=O)CN(C)C(=O)CC2CCCN2)no1.Cl. The standard InChI is InChI=1S/C13H20N4O3.ClH/c1-9-6-11(16-20-9)15-12(18)8-17(2)13(19)7-10-4-3-5-14-10;/h6,10,14H,3-5,7-8H2,1-2H3,(H,15,16,18);1H. The highest BCUT2D eigenvalue weighted by molar-refractivity contribution is 5.93. The van der Waals surface area contributed by atoms with Crippen LogP contribution in [0.1, 0.15) is 25.0 Å². The Morgan fingerprint density at radius 2 is 2.33 bits per heavy atom. The van der Waals surface area contributed by atoms with Crippen molar-refractivity contribution >= 4 is 30.0 Å². The van der Waals surface area contributed by atoms with E-state index in [0.717, 1.165) is 19.4 Å². The average Bonchev–Trinajstić information content (AvgIpc) is 3.01. The van der Waals surface area contributed by atoms with Crippen LogP contribution in [0.4, 0.5) is 5.82 Å². The Morgan fingerprint density at radius 1 is 1.57 bits per heavy atom. The van der Waals surface area contributed by atoms with Gasteiger partial charge in [0.25, 0.3) is 0 Å². The predicted molar refractivity (Wildman–Crippen MR) is 80.4 cm³/mol. The van der Waals surface area contributed by atoms with Gasteiger partial charge in [0, 0.05) is 25.6 Å². The first-order valence-electron chi connectivity index (χ1n) is 6.75. The average molecular weight is 317 g/mol. The smallest absolute Gasteiger partial charge is 0.245 e. The lowest BCUT2D eigenvalue weighted by Gasteiger charge is -2.18. The molecule has 0 aromatic carbocycles. The molecule has 1 atom stereocenters. The minimum Gasteiger partial charge on any atom is -0.360 e. The van der Waals surface area contributed by atoms with E-state index >= 15 is 0 Å². The number of amides is 2. The Kier molecular flexibility index (Phi) is 6.64. The molecule has 0 bridgehead atoms. The van der Waals surface area contributed by atoms with Gasteiger partial charge in [0.2, 0.25) is 11.8 Å². The Morgan fingerprint density at radius 3 is 2.90 bits per heavy atom. The topological polar surface area (TPSA) is 87.5 Å². The number of hydrogen-bond donors (Lipinski definition) is 2. The maximum Gasteiger partial charge on any atom is 0.245 e. The summed E-state index contributed by atoms with van der Waals surface area (Å²) < 4.78 is 4.85. The highest BCUT2D eigenvalue weighted by atomic mass is 35.5. The Bertz CT molecular complexity index is 486. The van der Waals surface area contributed by atoms with Crippen LogP contribution in [0.5, 0.6) is 0 Å². The number of nitrogens with one attached hydrogen (secondary N) is 2. The van der Waals surface area contributed by atoms with E-state index in [4.69, 9.17) is 4.52 Å². The summed E-state index contributed by atoms with van der Waals surface area (Å²) in [6, 6.07) is 1.87. The molecule has 1 aliphatic heterocycles. The lowest BCUT2D eigenvalue weighted by Crippen LogP contribution is -2.38. The lowest BCUT2D eigenvalue weighted by molar-refractivity contribution is -0.133. The largest absolute Gasteiger partial charge is 0.360 e. The van der Waals surface area contributed by atoms with Gasteiger partial charge in [-0.15, -0.1) is 12.4 Å². The number of anilines is 1. The molecule has 1 aliphatic rings. The molecule has 1 aromatic rings. The van der Waals surface area contributed by atoms with Gasteiger partial charge >= 0.3 is 0 Å². The molecule has 2 rings (SSSR count). The molecule has 1 aromatic heterocycles. The summed E-state index contributed by atoms with van der Waals surface area (Å²) in [6.07, 6.45) is 2.56. The molecule has 7 nitrogen and oxygen atoms in total. The number of aryl methyl sites for hydroxylation is 1. The van der Waals surface area contributed by atoms with Crippen LogP contribution in [0, 0.1) is 6.92 Å². The van der Waals surface area contributed by atoms with Crippen molar-refractivity contribution in [3.8, 4) is 0 Å². The van der Waals surface area contributed by atoms with Gasteiger partial charge in [-0.1, -0.05) is 5.16 Å². The number of nitrogens with zero attached hydrogens (tertiary/aromatic N) is 2. The van der Waals surface area contributed by atoms with Crippen LogP contribution in [-0.2, 0) is 9.59 Å². The number of halogens is 1. The molecule has 0 aliphatic carbocycles. The zero-order valence-electron chi connectivity index (χ0n) is 12.2. The van der Waals surface area contributed by atoms with Crippen molar-refractivity contribution < 1.29 is 14.1 Å². The second-order valence-electron chi connectivity index (χ2n) is 5.12. The van der Waals surface area contributed by atoms with Crippen molar-refractivity contribution in [2.45, 2.75) is 32.2 Å². The van der Waals surface area contributed by atoms with E-state index in [1.165, 1.54) is 4.90 Å². The fraction of sp³-hybridized carbons (Fsp3) is 0.615. The maximum atomic E-state index is 12.0. The van der Waals surface area contributed by atoms with Gasteiger partial charge in [-0.2, -0.15) is 0 Å². The van der Waals surface area contributed by atoms with E-state index in [2.05, 4.69) is 15.8 Å². The quantitative estimate of drug-likeness (QED) is 0.844. The molecule has 1 fully saturated rings.